The summed E-state index contributed by atoms with van der Waals surface area (Å²) < 4.78 is 44.7. The second-order valence-corrected chi connectivity index (χ2v) is 20.4. The van der Waals surface area contributed by atoms with Gasteiger partial charge in [-0.3, -0.25) is 19.8 Å². The van der Waals surface area contributed by atoms with Gasteiger partial charge in [-0.2, -0.15) is 0 Å². The molecule has 2 saturated heterocycles. The van der Waals surface area contributed by atoms with Crippen molar-refractivity contribution >= 4 is 35.7 Å². The lowest BCUT2D eigenvalue weighted by molar-refractivity contribution is -0.294. The molecule has 5 rings (SSSR count). The highest BCUT2D eigenvalue weighted by Gasteiger charge is 2.50. The number of nitrogens with one attached hydrogen (secondary N) is 1. The number of hydrogen-bond acceptors (Lipinski definition) is 16. The Balaban J connectivity index is 1.49. The van der Waals surface area contributed by atoms with Crippen LogP contribution in [0.3, 0.4) is 0 Å². The third kappa shape index (κ3) is 14.3. The molecular formula is C49H71N7O12. The van der Waals surface area contributed by atoms with E-state index in [4.69, 9.17) is 33.2 Å². The summed E-state index contributed by atoms with van der Waals surface area (Å²) in [4.78, 5) is 76.9. The van der Waals surface area contributed by atoms with Gasteiger partial charge in [-0.25, -0.2) is 24.0 Å². The van der Waals surface area contributed by atoms with Crippen LogP contribution < -0.4 is 5.32 Å². The third-order valence-electron chi connectivity index (χ3n) is 11.9. The zero-order valence-electron chi connectivity index (χ0n) is 42.0. The first kappa shape index (κ1) is 53.5. The minimum Gasteiger partial charge on any atom is -0.463 e. The molecular weight excluding hydrogens is 879 g/mol. The normalized spacial score (nSPS) is 27.8. The van der Waals surface area contributed by atoms with Crippen LogP contribution in [0.4, 0.5) is 15.4 Å². The fourth-order valence-electron chi connectivity index (χ4n) is 8.55. The van der Waals surface area contributed by atoms with Gasteiger partial charge >= 0.3 is 24.1 Å². The Hall–Kier alpha value is -5.50. The van der Waals surface area contributed by atoms with Crippen LogP contribution >= 0.6 is 0 Å². The second-order valence-electron chi connectivity index (χ2n) is 20.4. The molecule has 68 heavy (non-hydrogen) atoms. The first-order chi connectivity index (χ1) is 31.8. The summed E-state index contributed by atoms with van der Waals surface area (Å²) in [5.41, 5.74) is -1.76. The molecule has 0 saturated carbocycles. The number of amides is 2. The predicted molar refractivity (Wildman–Crippen MR) is 250 cm³/mol. The van der Waals surface area contributed by atoms with Gasteiger partial charge in [0.1, 0.15) is 35.2 Å². The number of methoxy groups -OCH3 is 1. The van der Waals surface area contributed by atoms with Gasteiger partial charge in [0.2, 0.25) is 0 Å². The quantitative estimate of drug-likeness (QED) is 0.126. The summed E-state index contributed by atoms with van der Waals surface area (Å²) in [6, 6.07) is 12.4. The summed E-state index contributed by atoms with van der Waals surface area (Å²) in [5.74, 6) is -4.23. The van der Waals surface area contributed by atoms with Crippen LogP contribution in [-0.4, -0.2) is 148 Å². The molecule has 374 valence electrons. The maximum absolute atomic E-state index is 14.5. The number of esters is 2. The van der Waals surface area contributed by atoms with Gasteiger partial charge < -0.3 is 38.1 Å². The summed E-state index contributed by atoms with van der Waals surface area (Å²) in [7, 11) is 5.29. The molecule has 2 amide bonds. The largest absolute Gasteiger partial charge is 0.463 e. The van der Waals surface area contributed by atoms with Crippen LogP contribution in [0.2, 0.25) is 0 Å². The zero-order valence-corrected chi connectivity index (χ0v) is 42.0. The highest BCUT2D eigenvalue weighted by atomic mass is 16.7. The first-order valence-corrected chi connectivity index (χ1v) is 23.1. The number of ether oxygens (including phenoxy) is 7. The minimum absolute atomic E-state index is 0.0125. The first-order valence-electron chi connectivity index (χ1n) is 23.1. The van der Waals surface area contributed by atoms with E-state index in [-0.39, 0.29) is 50.0 Å². The summed E-state index contributed by atoms with van der Waals surface area (Å²) >= 11 is 0. The van der Waals surface area contributed by atoms with E-state index in [1.54, 1.807) is 103 Å². The van der Waals surface area contributed by atoms with Crippen molar-refractivity contribution in [1.29, 1.82) is 0 Å². The number of carbonyl (C=O) groups is 5. The standard InChI is InChI=1S/C49H71N7O12/c1-29-24-49(11,62-14)41(66-44-40(37(54(12)13)23-30(2)64-44)65-43(59)33-19-16-15-17-20-33)31(3)39(57)32(4)42(58)63-28-34(56(25-29)46(61)68-48(8,9)10)26-55-27-36(52-53-55)35-21-18-22-38(50-35)51-45(60)67-47(5,6)7/h15-22,27,29-32,34,37,40-41,44H,23-26,28H2,1-14H3,(H,50,51,60)/t29-,30-,31+,32?,34-,37+,40-,41-,44+,49-/m1/s1. The number of likely N-dealkylation sites (N-methyl/N-ethyl adjacent to an activating group) is 1. The van der Waals surface area contributed by atoms with Gasteiger partial charge in [0, 0.05) is 19.6 Å². The Morgan fingerprint density at radius 1 is 0.926 bits per heavy atom. The lowest BCUT2D eigenvalue weighted by Crippen LogP contribution is -2.60. The van der Waals surface area contributed by atoms with Crippen molar-refractivity contribution in [1.82, 2.24) is 29.8 Å². The lowest BCUT2D eigenvalue weighted by Gasteiger charge is -2.47. The van der Waals surface area contributed by atoms with Crippen LogP contribution in [-0.2, 0) is 49.3 Å². The average Bonchev–Trinajstić information content (AvgIpc) is 3.73. The summed E-state index contributed by atoms with van der Waals surface area (Å²) in [5, 5.41) is 11.3. The molecule has 2 aliphatic rings. The van der Waals surface area contributed by atoms with E-state index in [1.807, 2.05) is 39.8 Å². The van der Waals surface area contributed by atoms with Crippen molar-refractivity contribution in [3.05, 3.63) is 60.3 Å². The number of anilines is 1. The van der Waals surface area contributed by atoms with Gasteiger partial charge in [0.05, 0.1) is 53.9 Å². The summed E-state index contributed by atoms with van der Waals surface area (Å²) in [6.07, 6.45) is -2.45. The van der Waals surface area contributed by atoms with Gasteiger partial charge in [-0.15, -0.1) is 5.10 Å². The zero-order chi connectivity index (χ0) is 50.3. The van der Waals surface area contributed by atoms with Crippen LogP contribution in [0.25, 0.3) is 11.4 Å². The van der Waals surface area contributed by atoms with Crippen molar-refractivity contribution < 1.29 is 57.1 Å². The second kappa shape index (κ2) is 22.3. The van der Waals surface area contributed by atoms with E-state index < -0.39 is 83.1 Å². The molecule has 1 N–H and O–H groups in total. The third-order valence-corrected chi connectivity index (χ3v) is 11.9. The fourth-order valence-corrected chi connectivity index (χ4v) is 8.55. The predicted octanol–water partition coefficient (Wildman–Crippen LogP) is 6.80. The van der Waals surface area contributed by atoms with Crippen LogP contribution in [0, 0.1) is 17.8 Å². The molecule has 10 atom stereocenters. The Bertz CT molecular complexity index is 2210. The number of carbonyl (C=O) groups excluding carboxylic acids is 5. The number of rotatable bonds is 10. The number of benzene rings is 1. The molecule has 2 fully saturated rings. The van der Waals surface area contributed by atoms with Gasteiger partial charge in [-0.1, -0.05) is 43.3 Å². The van der Waals surface area contributed by atoms with Crippen LogP contribution in [0.15, 0.2) is 54.7 Å². The average molecular weight is 950 g/mol. The number of Topliss-reactive ketones (excluding diaryl/α,β-unsaturated/α-hetero) is 1. The molecule has 1 unspecified atom stereocenters. The van der Waals surface area contributed by atoms with E-state index in [0.717, 1.165) is 0 Å². The Morgan fingerprint density at radius 2 is 1.60 bits per heavy atom. The minimum atomic E-state index is -1.27. The van der Waals surface area contributed by atoms with E-state index in [0.29, 0.717) is 23.4 Å². The maximum Gasteiger partial charge on any atom is 0.413 e. The van der Waals surface area contributed by atoms with E-state index in [2.05, 4.69) is 20.6 Å². The molecule has 3 aromatic rings. The molecule has 2 aromatic heterocycles. The highest BCUT2D eigenvalue weighted by molar-refractivity contribution is 6.00. The Labute approximate surface area is 399 Å². The summed E-state index contributed by atoms with van der Waals surface area (Å²) in [6.45, 7) is 19.1. The van der Waals surface area contributed by atoms with E-state index in [9.17, 15) is 24.0 Å². The molecule has 1 aromatic carbocycles. The van der Waals surface area contributed by atoms with E-state index >= 15 is 0 Å². The number of nitrogens with zero attached hydrogens (tertiary/aromatic N) is 6. The lowest BCUT2D eigenvalue weighted by atomic mass is 9.78. The van der Waals surface area contributed by atoms with Gasteiger partial charge in [-0.05, 0) is 119 Å². The maximum atomic E-state index is 14.5. The van der Waals surface area contributed by atoms with Crippen molar-refractivity contribution in [2.45, 2.75) is 149 Å². The number of cyclic esters (lactones) is 1. The molecule has 19 heteroatoms. The molecule has 0 radical (unpaired) electrons. The van der Waals surface area contributed by atoms with E-state index in [1.165, 1.54) is 23.6 Å². The van der Waals surface area contributed by atoms with Crippen molar-refractivity contribution in [3.63, 3.8) is 0 Å². The number of ketones is 1. The number of pyridine rings is 1. The Kier molecular flexibility index (Phi) is 17.5. The smallest absolute Gasteiger partial charge is 0.413 e. The van der Waals surface area contributed by atoms with Crippen LogP contribution in [0.5, 0.6) is 0 Å². The van der Waals surface area contributed by atoms with Crippen molar-refractivity contribution in [2.24, 2.45) is 17.8 Å². The van der Waals surface area contributed by atoms with Crippen molar-refractivity contribution in [2.75, 3.05) is 39.7 Å². The monoisotopic (exact) mass is 950 g/mol. The number of aromatic nitrogens is 4. The molecule has 0 spiro atoms. The molecule has 0 bridgehead atoms. The van der Waals surface area contributed by atoms with Crippen LogP contribution in [0.1, 0.15) is 99.4 Å². The SMILES string of the molecule is CO[C@]1(C)C[C@@H](C)CN(C(=O)OC(C)(C)C)[C@H](Cn2cc(-c3cccc(NC(=O)OC(C)(C)C)n3)nn2)COC(=O)C(C)C(=O)[C@H](C)[C@H]1O[C@@H]1O[C@H](C)C[C@H](N(C)C)[C@H]1OC(=O)c1ccccc1. The Morgan fingerprint density at radius 3 is 2.24 bits per heavy atom. The molecule has 0 aliphatic carbocycles. The van der Waals surface area contributed by atoms with Gasteiger partial charge in [0.15, 0.2) is 18.2 Å². The number of hydrogen-bond donors (Lipinski definition) is 1. The fraction of sp³-hybridized carbons (Fsp3) is 0.633. The van der Waals surface area contributed by atoms with Gasteiger partial charge in [0.25, 0.3) is 0 Å². The molecule has 4 heterocycles. The highest BCUT2D eigenvalue weighted by Crippen LogP contribution is 2.38. The topological polar surface area (TPSA) is 212 Å². The van der Waals surface area contributed by atoms with Crippen molar-refractivity contribution in [3.8, 4) is 11.4 Å². The molecule has 2 aliphatic heterocycles. The molecule has 19 nitrogen and oxygen atoms in total.